The van der Waals surface area contributed by atoms with Crippen molar-refractivity contribution in [1.29, 1.82) is 0 Å². The summed E-state index contributed by atoms with van der Waals surface area (Å²) in [5.41, 5.74) is 2.97. The molecule has 0 saturated heterocycles. The van der Waals surface area contributed by atoms with Crippen LogP contribution in [-0.2, 0) is 0 Å². The number of thiazole rings is 1. The molecule has 20 heavy (non-hydrogen) atoms. The molecule has 0 aliphatic heterocycles. The highest BCUT2D eigenvalue weighted by Crippen LogP contribution is 2.28. The maximum absolute atomic E-state index is 11.0. The van der Waals surface area contributed by atoms with Crippen molar-refractivity contribution in [2.75, 3.05) is 0 Å². The van der Waals surface area contributed by atoms with Crippen LogP contribution in [0.4, 0.5) is 0 Å². The monoisotopic (exact) mass is 281 g/mol. The Morgan fingerprint density at radius 2 is 1.75 bits per heavy atom. The van der Waals surface area contributed by atoms with Crippen molar-refractivity contribution in [3.63, 3.8) is 0 Å². The van der Waals surface area contributed by atoms with Gasteiger partial charge in [0, 0.05) is 16.5 Å². The van der Waals surface area contributed by atoms with Crippen molar-refractivity contribution in [2.24, 2.45) is 0 Å². The predicted octanol–water partition coefficient (Wildman–Crippen LogP) is 4.18. The summed E-state index contributed by atoms with van der Waals surface area (Å²) in [6, 6.07) is 16.8. The molecule has 0 saturated carbocycles. The first-order valence-corrected chi connectivity index (χ1v) is 6.97. The Balaban J connectivity index is 1.98. The molecule has 1 aromatic heterocycles. The normalized spacial score (nSPS) is 10.4. The summed E-state index contributed by atoms with van der Waals surface area (Å²) >= 11 is 1.55. The van der Waals surface area contributed by atoms with Gasteiger partial charge in [0.05, 0.1) is 11.3 Å². The first-order valence-electron chi connectivity index (χ1n) is 6.09. The zero-order valence-corrected chi connectivity index (χ0v) is 11.3. The molecule has 1 N–H and O–H groups in total. The van der Waals surface area contributed by atoms with Crippen LogP contribution >= 0.6 is 11.3 Å². The van der Waals surface area contributed by atoms with Crippen LogP contribution in [0, 0.1) is 0 Å². The largest absolute Gasteiger partial charge is 0.478 e. The van der Waals surface area contributed by atoms with Crippen molar-refractivity contribution in [3.05, 3.63) is 65.5 Å². The fourth-order valence-electron chi connectivity index (χ4n) is 1.93. The topological polar surface area (TPSA) is 50.2 Å². The van der Waals surface area contributed by atoms with Gasteiger partial charge in [-0.25, -0.2) is 9.78 Å². The van der Waals surface area contributed by atoms with E-state index in [1.54, 1.807) is 29.5 Å². The Kier molecular flexibility index (Phi) is 3.31. The van der Waals surface area contributed by atoms with E-state index in [1.165, 1.54) is 0 Å². The molecule has 3 aromatic rings. The van der Waals surface area contributed by atoms with E-state index in [-0.39, 0.29) is 5.56 Å². The quantitative estimate of drug-likeness (QED) is 0.783. The third-order valence-corrected chi connectivity index (χ3v) is 3.82. The lowest BCUT2D eigenvalue weighted by Crippen LogP contribution is -1.95. The number of carbonyl (C=O) groups is 1. The lowest BCUT2D eigenvalue weighted by atomic mass is 10.1. The van der Waals surface area contributed by atoms with E-state index in [4.69, 9.17) is 5.11 Å². The van der Waals surface area contributed by atoms with E-state index in [0.717, 1.165) is 21.8 Å². The van der Waals surface area contributed by atoms with Gasteiger partial charge in [-0.1, -0.05) is 42.5 Å². The van der Waals surface area contributed by atoms with Gasteiger partial charge in [0.1, 0.15) is 5.01 Å². The number of rotatable bonds is 3. The number of nitrogens with zero attached hydrogens (tertiary/aromatic N) is 1. The van der Waals surface area contributed by atoms with E-state index < -0.39 is 5.97 Å². The van der Waals surface area contributed by atoms with Crippen molar-refractivity contribution in [3.8, 4) is 21.8 Å². The Morgan fingerprint density at radius 1 is 1.00 bits per heavy atom. The van der Waals surface area contributed by atoms with Gasteiger partial charge in [-0.15, -0.1) is 11.3 Å². The maximum atomic E-state index is 11.0. The molecule has 0 bridgehead atoms. The minimum absolute atomic E-state index is 0.275. The Bertz CT molecular complexity index is 750. The third kappa shape index (κ3) is 2.46. The molecule has 0 radical (unpaired) electrons. The number of aromatic nitrogens is 1. The molecule has 0 fully saturated rings. The van der Waals surface area contributed by atoms with Crippen molar-refractivity contribution >= 4 is 17.3 Å². The molecule has 3 nitrogen and oxygen atoms in total. The molecule has 1 heterocycles. The van der Waals surface area contributed by atoms with Crippen molar-refractivity contribution in [1.82, 2.24) is 4.98 Å². The predicted molar refractivity (Wildman–Crippen MR) is 79.9 cm³/mol. The molecule has 0 amide bonds. The minimum atomic E-state index is -0.926. The molecule has 98 valence electrons. The molecule has 3 rings (SSSR count). The average molecular weight is 281 g/mol. The first kappa shape index (κ1) is 12.6. The zero-order valence-electron chi connectivity index (χ0n) is 10.5. The lowest BCUT2D eigenvalue weighted by molar-refractivity contribution is 0.0697. The van der Waals surface area contributed by atoms with E-state index >= 15 is 0 Å². The van der Waals surface area contributed by atoms with Crippen LogP contribution < -0.4 is 0 Å². The van der Waals surface area contributed by atoms with E-state index in [9.17, 15) is 4.79 Å². The molecule has 0 aliphatic carbocycles. The van der Waals surface area contributed by atoms with Gasteiger partial charge in [0.25, 0.3) is 0 Å². The van der Waals surface area contributed by atoms with E-state index in [1.807, 2.05) is 41.8 Å². The lowest BCUT2D eigenvalue weighted by Gasteiger charge is -1.99. The van der Waals surface area contributed by atoms with Gasteiger partial charge in [0.2, 0.25) is 0 Å². The van der Waals surface area contributed by atoms with Crippen LogP contribution in [0.2, 0.25) is 0 Å². The Labute approximate surface area is 120 Å². The summed E-state index contributed by atoms with van der Waals surface area (Å²) in [7, 11) is 0. The van der Waals surface area contributed by atoms with Crippen LogP contribution in [0.1, 0.15) is 10.4 Å². The van der Waals surface area contributed by atoms with Crippen LogP contribution in [0.25, 0.3) is 21.8 Å². The SMILES string of the molecule is O=C(O)c1cccc(-c2csc(-c3ccccc3)n2)c1. The summed E-state index contributed by atoms with van der Waals surface area (Å²) in [5.74, 6) is -0.926. The van der Waals surface area contributed by atoms with Crippen LogP contribution in [0.3, 0.4) is 0 Å². The number of aromatic carboxylic acids is 1. The number of carboxylic acids is 1. The highest BCUT2D eigenvalue weighted by molar-refractivity contribution is 7.13. The fourth-order valence-corrected chi connectivity index (χ4v) is 2.77. The molecule has 4 heteroatoms. The zero-order chi connectivity index (χ0) is 13.9. The summed E-state index contributed by atoms with van der Waals surface area (Å²) in [4.78, 5) is 15.6. The van der Waals surface area contributed by atoms with Gasteiger partial charge >= 0.3 is 5.97 Å². The second-order valence-corrected chi connectivity index (χ2v) is 5.15. The highest BCUT2D eigenvalue weighted by Gasteiger charge is 2.09. The fraction of sp³-hybridized carbons (Fsp3) is 0. The van der Waals surface area contributed by atoms with Gasteiger partial charge in [-0.3, -0.25) is 0 Å². The van der Waals surface area contributed by atoms with Crippen molar-refractivity contribution in [2.45, 2.75) is 0 Å². The van der Waals surface area contributed by atoms with Gasteiger partial charge in [0.15, 0.2) is 0 Å². The highest BCUT2D eigenvalue weighted by atomic mass is 32.1. The Hall–Kier alpha value is -2.46. The second-order valence-electron chi connectivity index (χ2n) is 4.29. The number of carboxylic acid groups (broad SMARTS) is 1. The van der Waals surface area contributed by atoms with E-state index in [0.29, 0.717) is 0 Å². The minimum Gasteiger partial charge on any atom is -0.478 e. The van der Waals surface area contributed by atoms with E-state index in [2.05, 4.69) is 4.98 Å². The van der Waals surface area contributed by atoms with Crippen LogP contribution in [-0.4, -0.2) is 16.1 Å². The number of hydrogen-bond acceptors (Lipinski definition) is 3. The maximum Gasteiger partial charge on any atom is 0.335 e. The third-order valence-electron chi connectivity index (χ3n) is 2.93. The summed E-state index contributed by atoms with van der Waals surface area (Å²) < 4.78 is 0. The van der Waals surface area contributed by atoms with Gasteiger partial charge < -0.3 is 5.11 Å². The Morgan fingerprint density at radius 3 is 2.50 bits per heavy atom. The van der Waals surface area contributed by atoms with Crippen LogP contribution in [0.5, 0.6) is 0 Å². The second kappa shape index (κ2) is 5.27. The number of benzene rings is 2. The molecule has 2 aromatic carbocycles. The summed E-state index contributed by atoms with van der Waals surface area (Å²) in [6.07, 6.45) is 0. The molecule has 0 unspecified atom stereocenters. The molecular formula is C16H11NO2S. The molecular weight excluding hydrogens is 270 g/mol. The van der Waals surface area contributed by atoms with Crippen molar-refractivity contribution < 1.29 is 9.90 Å². The number of hydrogen-bond donors (Lipinski definition) is 1. The van der Waals surface area contributed by atoms with Crippen LogP contribution in [0.15, 0.2) is 60.0 Å². The summed E-state index contributed by atoms with van der Waals surface area (Å²) in [6.45, 7) is 0. The average Bonchev–Trinajstić information content (AvgIpc) is 2.98. The smallest absolute Gasteiger partial charge is 0.335 e. The molecule has 0 atom stereocenters. The summed E-state index contributed by atoms with van der Waals surface area (Å²) in [5, 5.41) is 11.9. The first-order chi connectivity index (χ1) is 9.74. The van der Waals surface area contributed by atoms with Gasteiger partial charge in [-0.05, 0) is 12.1 Å². The molecule has 0 aliphatic rings. The standard InChI is InChI=1S/C16H11NO2S/c18-16(19)13-8-4-7-12(9-13)14-10-20-15(17-14)11-5-2-1-3-6-11/h1-10H,(H,18,19). The van der Waals surface area contributed by atoms with Gasteiger partial charge in [-0.2, -0.15) is 0 Å². The molecule has 0 spiro atoms.